The molecule has 0 aliphatic carbocycles. The maximum Gasteiger partial charge on any atom is 0.320 e. The zero-order valence-corrected chi connectivity index (χ0v) is 9.73. The summed E-state index contributed by atoms with van der Waals surface area (Å²) in [7, 11) is 0. The quantitative estimate of drug-likeness (QED) is 0.356. The molecule has 2 heterocycles. The molecule has 0 amide bonds. The minimum absolute atomic E-state index is 0.0996. The highest BCUT2D eigenvalue weighted by Gasteiger charge is 2.19. The van der Waals surface area contributed by atoms with Crippen molar-refractivity contribution in [3.05, 3.63) is 22.6 Å². The highest BCUT2D eigenvalue weighted by atomic mass is 32.2. The third kappa shape index (κ3) is 2.64. The Morgan fingerprint density at radius 3 is 2.94 bits per heavy atom. The van der Waals surface area contributed by atoms with E-state index in [1.165, 1.54) is 6.33 Å². The van der Waals surface area contributed by atoms with Gasteiger partial charge in [0.05, 0.1) is 4.92 Å². The van der Waals surface area contributed by atoms with Crippen molar-refractivity contribution in [2.75, 3.05) is 5.43 Å². The number of hydrazine groups is 1. The molecule has 0 bridgehead atoms. The molecule has 11 heteroatoms. The highest BCUT2D eigenvalue weighted by Crippen LogP contribution is 2.33. The molecule has 0 atom stereocenters. The molecule has 2 aromatic rings. The molecule has 2 aromatic heterocycles. The average Bonchev–Trinajstić information content (AvgIpc) is 2.81. The molecule has 0 radical (unpaired) electrons. The Bertz CT molecular complexity index is 531. The van der Waals surface area contributed by atoms with Gasteiger partial charge in [-0.05, 0) is 23.3 Å². The van der Waals surface area contributed by atoms with Gasteiger partial charge in [0.15, 0.2) is 9.37 Å². The van der Waals surface area contributed by atoms with E-state index in [-0.39, 0.29) is 16.7 Å². The molecule has 0 spiro atoms. The summed E-state index contributed by atoms with van der Waals surface area (Å²) in [4.78, 5) is 21.7. The molecule has 0 aromatic carbocycles. The Kier molecular flexibility index (Phi) is 3.41. The van der Waals surface area contributed by atoms with Gasteiger partial charge in [0, 0.05) is 0 Å². The number of nitrogens with two attached hydrogens (primary N) is 1. The van der Waals surface area contributed by atoms with Crippen molar-refractivity contribution in [1.29, 1.82) is 0 Å². The van der Waals surface area contributed by atoms with Crippen molar-refractivity contribution < 1.29 is 4.92 Å². The predicted octanol–water partition coefficient (Wildman–Crippen LogP) is 0.673. The van der Waals surface area contributed by atoms with Crippen LogP contribution < -0.4 is 11.3 Å². The molecule has 0 aliphatic heterocycles. The van der Waals surface area contributed by atoms with E-state index >= 15 is 0 Å². The van der Waals surface area contributed by atoms with Crippen molar-refractivity contribution in [3.8, 4) is 0 Å². The lowest BCUT2D eigenvalue weighted by molar-refractivity contribution is -0.388. The molecule has 2 rings (SSSR count). The van der Waals surface area contributed by atoms with Gasteiger partial charge >= 0.3 is 5.69 Å². The van der Waals surface area contributed by atoms with Gasteiger partial charge in [0.1, 0.15) is 12.5 Å². The summed E-state index contributed by atoms with van der Waals surface area (Å²) >= 11 is 2.15. The van der Waals surface area contributed by atoms with Crippen LogP contribution in [0.2, 0.25) is 0 Å². The second-order valence-corrected chi connectivity index (χ2v) is 4.61. The maximum atomic E-state index is 10.8. The van der Waals surface area contributed by atoms with Crippen LogP contribution in [0.4, 0.5) is 11.6 Å². The minimum Gasteiger partial charge on any atom is -0.292 e. The number of nitro groups is 1. The first kappa shape index (κ1) is 11.6. The summed E-state index contributed by atoms with van der Waals surface area (Å²) in [5.41, 5.74) is 2.02. The smallest absolute Gasteiger partial charge is 0.292 e. The third-order valence-corrected chi connectivity index (χ3v) is 3.30. The van der Waals surface area contributed by atoms with Gasteiger partial charge in [-0.25, -0.2) is 15.8 Å². The van der Waals surface area contributed by atoms with Crippen LogP contribution in [0.5, 0.6) is 0 Å². The van der Waals surface area contributed by atoms with E-state index in [4.69, 9.17) is 5.84 Å². The second kappa shape index (κ2) is 4.99. The summed E-state index contributed by atoms with van der Waals surface area (Å²) in [5, 5.41) is 10.9. The van der Waals surface area contributed by atoms with Crippen LogP contribution >= 0.6 is 23.3 Å². The third-order valence-electron chi connectivity index (χ3n) is 1.59. The monoisotopic (exact) mass is 271 g/mol. The van der Waals surface area contributed by atoms with E-state index in [0.29, 0.717) is 4.34 Å². The lowest BCUT2D eigenvalue weighted by Gasteiger charge is -2.01. The van der Waals surface area contributed by atoms with Crippen molar-refractivity contribution in [2.24, 2.45) is 5.84 Å². The van der Waals surface area contributed by atoms with Gasteiger partial charge in [-0.1, -0.05) is 0 Å². The SMILES string of the molecule is NNc1ncc([N+](=O)[O-])c(Sc2ncns2)n1. The highest BCUT2D eigenvalue weighted by molar-refractivity contribution is 8.01. The Labute approximate surface area is 103 Å². The van der Waals surface area contributed by atoms with E-state index in [1.807, 2.05) is 0 Å². The van der Waals surface area contributed by atoms with E-state index in [2.05, 4.69) is 24.8 Å². The molecule has 3 N–H and O–H groups in total. The number of rotatable bonds is 4. The second-order valence-electron chi connectivity index (χ2n) is 2.59. The zero-order chi connectivity index (χ0) is 12.3. The zero-order valence-electron chi connectivity index (χ0n) is 8.10. The van der Waals surface area contributed by atoms with Crippen LogP contribution in [-0.4, -0.2) is 24.2 Å². The molecule has 0 unspecified atom stereocenters. The van der Waals surface area contributed by atoms with E-state index in [0.717, 1.165) is 29.5 Å². The maximum absolute atomic E-state index is 10.8. The molecule has 9 nitrogen and oxygen atoms in total. The van der Waals surface area contributed by atoms with Crippen LogP contribution in [0.3, 0.4) is 0 Å². The lowest BCUT2D eigenvalue weighted by atomic mass is 10.5. The summed E-state index contributed by atoms with van der Waals surface area (Å²) < 4.78 is 4.34. The summed E-state index contributed by atoms with van der Waals surface area (Å²) in [6, 6.07) is 0. The summed E-state index contributed by atoms with van der Waals surface area (Å²) in [5.74, 6) is 5.24. The number of hydrogen-bond donors (Lipinski definition) is 2. The molecule has 0 aliphatic rings. The predicted molar refractivity (Wildman–Crippen MR) is 60.5 cm³/mol. The van der Waals surface area contributed by atoms with Gasteiger partial charge < -0.3 is 0 Å². The number of aromatic nitrogens is 4. The Hall–Kier alpha value is -1.85. The molecule has 0 fully saturated rings. The Morgan fingerprint density at radius 1 is 1.53 bits per heavy atom. The number of hydrogen-bond acceptors (Lipinski definition) is 10. The first-order valence-corrected chi connectivity index (χ1v) is 5.72. The first-order chi connectivity index (χ1) is 8.20. The largest absolute Gasteiger partial charge is 0.320 e. The topological polar surface area (TPSA) is 133 Å². The number of nitrogens with zero attached hydrogens (tertiary/aromatic N) is 5. The fourth-order valence-electron chi connectivity index (χ4n) is 0.920. The van der Waals surface area contributed by atoms with Crippen LogP contribution in [0.25, 0.3) is 0 Å². The van der Waals surface area contributed by atoms with Crippen LogP contribution in [0.1, 0.15) is 0 Å². The van der Waals surface area contributed by atoms with Gasteiger partial charge in [0.25, 0.3) is 0 Å². The Morgan fingerprint density at radius 2 is 2.35 bits per heavy atom. The molecular formula is C6H5N7O2S2. The summed E-state index contributed by atoms with van der Waals surface area (Å²) in [6.07, 6.45) is 2.45. The molecule has 0 saturated carbocycles. The molecule has 88 valence electrons. The van der Waals surface area contributed by atoms with Crippen molar-refractivity contribution in [2.45, 2.75) is 9.37 Å². The van der Waals surface area contributed by atoms with Gasteiger partial charge in [-0.15, -0.1) is 0 Å². The normalized spacial score (nSPS) is 10.2. The lowest BCUT2D eigenvalue weighted by Crippen LogP contribution is -2.11. The molecule has 0 saturated heterocycles. The van der Waals surface area contributed by atoms with Gasteiger partial charge in [-0.2, -0.15) is 9.36 Å². The van der Waals surface area contributed by atoms with Crippen molar-refractivity contribution in [3.63, 3.8) is 0 Å². The van der Waals surface area contributed by atoms with Gasteiger partial charge in [-0.3, -0.25) is 15.5 Å². The minimum atomic E-state index is -0.566. The Balaban J connectivity index is 2.38. The fraction of sp³-hybridized carbons (Fsp3) is 0. The van der Waals surface area contributed by atoms with E-state index < -0.39 is 4.92 Å². The van der Waals surface area contributed by atoms with E-state index in [9.17, 15) is 10.1 Å². The van der Waals surface area contributed by atoms with Gasteiger partial charge in [0.2, 0.25) is 5.95 Å². The molecular weight excluding hydrogens is 266 g/mol. The average molecular weight is 271 g/mol. The number of nitrogen functional groups attached to an aromatic ring is 1. The van der Waals surface area contributed by atoms with Crippen LogP contribution in [-0.2, 0) is 0 Å². The van der Waals surface area contributed by atoms with Crippen LogP contribution in [0.15, 0.2) is 21.9 Å². The first-order valence-electron chi connectivity index (χ1n) is 4.13. The van der Waals surface area contributed by atoms with Crippen LogP contribution in [0, 0.1) is 10.1 Å². The number of anilines is 1. The van der Waals surface area contributed by atoms with Crippen molar-refractivity contribution in [1.82, 2.24) is 19.3 Å². The molecule has 17 heavy (non-hydrogen) atoms. The standard InChI is InChI=1S/C6H5N7O2S2/c7-12-5-8-1-3(13(14)15)4(11-5)16-6-9-2-10-17-6/h1-2H,7H2,(H,8,11,12). The van der Waals surface area contributed by atoms with Crippen molar-refractivity contribution >= 4 is 34.9 Å². The number of nitrogens with one attached hydrogen (secondary N) is 1. The fourth-order valence-corrected chi connectivity index (χ4v) is 2.34. The summed E-state index contributed by atoms with van der Waals surface area (Å²) in [6.45, 7) is 0. The van der Waals surface area contributed by atoms with E-state index in [1.54, 1.807) is 0 Å².